The summed E-state index contributed by atoms with van der Waals surface area (Å²) in [6, 6.07) is 1.86. The van der Waals surface area contributed by atoms with E-state index < -0.39 is 6.10 Å². The van der Waals surface area contributed by atoms with Crippen molar-refractivity contribution < 1.29 is 9.90 Å². The summed E-state index contributed by atoms with van der Waals surface area (Å²) in [7, 11) is 0. The topological polar surface area (TPSA) is 62.5 Å². The van der Waals surface area contributed by atoms with E-state index in [-0.39, 0.29) is 17.0 Å². The number of nitrogens with zero attached hydrogens (tertiary/aromatic N) is 2. The van der Waals surface area contributed by atoms with Crippen molar-refractivity contribution in [3.8, 4) is 0 Å². The van der Waals surface area contributed by atoms with Gasteiger partial charge in [-0.15, -0.1) is 0 Å². The average Bonchev–Trinajstić information content (AvgIpc) is 2.24. The summed E-state index contributed by atoms with van der Waals surface area (Å²) >= 11 is 0. The van der Waals surface area contributed by atoms with Crippen LogP contribution in [0.25, 0.3) is 0 Å². The first-order valence-corrected chi connectivity index (χ1v) is 6.14. The fourth-order valence-electron chi connectivity index (χ4n) is 2.36. The highest BCUT2D eigenvalue weighted by atomic mass is 16.3. The van der Waals surface area contributed by atoms with E-state index in [0.29, 0.717) is 25.2 Å². The minimum Gasteiger partial charge on any atom is -0.389 e. The molecule has 1 fully saturated rings. The Labute approximate surface area is 106 Å². The third kappa shape index (κ3) is 1.95. The predicted octanol–water partition coefficient (Wildman–Crippen LogP) is 0.302. The Bertz CT molecular complexity index is 542. The maximum absolute atomic E-state index is 12.3. The van der Waals surface area contributed by atoms with Crippen LogP contribution in [0, 0.1) is 13.8 Å². The minimum absolute atomic E-state index is 0.231. The number of carbonyl (C=O) groups excluding carboxylic acids is 1. The molecule has 0 radical (unpaired) electrons. The Hall–Kier alpha value is -1.62. The largest absolute Gasteiger partial charge is 0.389 e. The number of carbonyl (C=O) groups is 1. The van der Waals surface area contributed by atoms with Crippen LogP contribution >= 0.6 is 0 Å². The lowest BCUT2D eigenvalue weighted by molar-refractivity contribution is 0.00567. The molecule has 2 rings (SSSR count). The van der Waals surface area contributed by atoms with E-state index >= 15 is 0 Å². The number of pyridine rings is 1. The van der Waals surface area contributed by atoms with Gasteiger partial charge >= 0.3 is 0 Å². The second-order valence-electron chi connectivity index (χ2n) is 4.76. The van der Waals surface area contributed by atoms with E-state index in [0.717, 1.165) is 5.69 Å². The summed E-state index contributed by atoms with van der Waals surface area (Å²) in [6.07, 6.45) is -0.451. The molecule has 1 N–H and O–H groups in total. The van der Waals surface area contributed by atoms with Crippen molar-refractivity contribution in [3.05, 3.63) is 33.2 Å². The van der Waals surface area contributed by atoms with Crippen molar-refractivity contribution in [2.45, 2.75) is 33.4 Å². The van der Waals surface area contributed by atoms with Crippen LogP contribution in [-0.2, 0) is 6.54 Å². The zero-order chi connectivity index (χ0) is 13.4. The lowest BCUT2D eigenvalue weighted by Gasteiger charge is -2.36. The molecule has 5 heteroatoms. The number of aliphatic hydroxyl groups is 1. The smallest absolute Gasteiger partial charge is 0.263 e. The van der Waals surface area contributed by atoms with Crippen LogP contribution in [0.1, 0.15) is 28.5 Å². The highest BCUT2D eigenvalue weighted by Crippen LogP contribution is 2.14. The van der Waals surface area contributed by atoms with E-state index in [1.165, 1.54) is 4.90 Å². The molecule has 98 valence electrons. The molecule has 0 saturated carbocycles. The second-order valence-corrected chi connectivity index (χ2v) is 4.76. The van der Waals surface area contributed by atoms with E-state index in [1.807, 2.05) is 19.9 Å². The summed E-state index contributed by atoms with van der Waals surface area (Å²) in [6.45, 7) is 6.70. The Morgan fingerprint density at radius 1 is 1.44 bits per heavy atom. The van der Waals surface area contributed by atoms with Gasteiger partial charge in [-0.3, -0.25) is 9.59 Å². The van der Waals surface area contributed by atoms with Crippen LogP contribution < -0.4 is 5.56 Å². The number of β-amino-alcohol motifs (C(OH)–C–C–N with tert-alkyl or cyclic N) is 1. The van der Waals surface area contributed by atoms with Crippen molar-refractivity contribution in [2.24, 2.45) is 0 Å². The van der Waals surface area contributed by atoms with Gasteiger partial charge in [0.1, 0.15) is 5.56 Å². The third-order valence-corrected chi connectivity index (χ3v) is 3.38. The number of hydrogen-bond acceptors (Lipinski definition) is 3. The maximum Gasteiger partial charge on any atom is 0.263 e. The zero-order valence-electron chi connectivity index (χ0n) is 10.9. The Morgan fingerprint density at radius 3 is 2.56 bits per heavy atom. The fourth-order valence-corrected chi connectivity index (χ4v) is 2.36. The molecule has 18 heavy (non-hydrogen) atoms. The first-order valence-electron chi connectivity index (χ1n) is 6.14. The number of aryl methyl sites for hydroxylation is 2. The van der Waals surface area contributed by atoms with Crippen LogP contribution in [0.4, 0.5) is 0 Å². The lowest BCUT2D eigenvalue weighted by atomic mass is 10.1. The van der Waals surface area contributed by atoms with Gasteiger partial charge in [-0.1, -0.05) is 0 Å². The number of amides is 1. The first kappa shape index (κ1) is 12.8. The molecule has 0 unspecified atom stereocenters. The van der Waals surface area contributed by atoms with E-state index in [1.54, 1.807) is 11.5 Å². The van der Waals surface area contributed by atoms with Crippen molar-refractivity contribution in [2.75, 3.05) is 13.1 Å². The van der Waals surface area contributed by atoms with Crippen molar-refractivity contribution in [1.82, 2.24) is 9.47 Å². The van der Waals surface area contributed by atoms with E-state index in [9.17, 15) is 14.7 Å². The van der Waals surface area contributed by atoms with Crippen LogP contribution in [0.5, 0.6) is 0 Å². The van der Waals surface area contributed by atoms with Crippen LogP contribution in [-0.4, -0.2) is 39.7 Å². The molecule has 0 aliphatic carbocycles. The van der Waals surface area contributed by atoms with Crippen molar-refractivity contribution >= 4 is 5.91 Å². The van der Waals surface area contributed by atoms with Crippen molar-refractivity contribution in [1.29, 1.82) is 0 Å². The SMILES string of the molecule is CCn1c(C)cc(C)c(C(=O)N2CC(O)C2)c1=O. The molecule has 1 saturated heterocycles. The molecule has 1 amide bonds. The van der Waals surface area contributed by atoms with Crippen LogP contribution in [0.2, 0.25) is 0 Å². The van der Waals surface area contributed by atoms with E-state index in [2.05, 4.69) is 0 Å². The average molecular weight is 250 g/mol. The molecule has 1 aromatic rings. The minimum atomic E-state index is -0.451. The summed E-state index contributed by atoms with van der Waals surface area (Å²) < 4.78 is 1.59. The molecule has 1 aliphatic heterocycles. The summed E-state index contributed by atoms with van der Waals surface area (Å²) in [5.41, 5.74) is 1.56. The van der Waals surface area contributed by atoms with E-state index in [4.69, 9.17) is 0 Å². The van der Waals surface area contributed by atoms with Gasteiger partial charge in [-0.25, -0.2) is 0 Å². The van der Waals surface area contributed by atoms with Gasteiger partial charge in [0.25, 0.3) is 11.5 Å². The summed E-state index contributed by atoms with van der Waals surface area (Å²) in [4.78, 5) is 26.0. The molecular formula is C13H18N2O3. The molecule has 1 aliphatic rings. The molecular weight excluding hydrogens is 232 g/mol. The van der Waals surface area contributed by atoms with Gasteiger partial charge in [0.15, 0.2) is 0 Å². The molecule has 2 heterocycles. The highest BCUT2D eigenvalue weighted by molar-refractivity contribution is 5.95. The standard InChI is InChI=1S/C13H18N2O3/c1-4-15-9(3)5-8(2)11(13(15)18)12(17)14-6-10(16)7-14/h5,10,16H,4,6-7H2,1-3H3. The quantitative estimate of drug-likeness (QED) is 0.821. The molecule has 0 atom stereocenters. The van der Waals surface area contributed by atoms with Gasteiger partial charge < -0.3 is 14.6 Å². The molecule has 0 bridgehead atoms. The first-order chi connectivity index (χ1) is 8.45. The predicted molar refractivity (Wildman–Crippen MR) is 67.8 cm³/mol. The molecule has 0 spiro atoms. The summed E-state index contributed by atoms with van der Waals surface area (Å²) in [5.74, 6) is -0.273. The Kier molecular flexibility index (Phi) is 3.26. The number of rotatable bonds is 2. The van der Waals surface area contributed by atoms with Gasteiger partial charge in [0, 0.05) is 25.3 Å². The zero-order valence-corrected chi connectivity index (χ0v) is 10.9. The summed E-state index contributed by atoms with van der Waals surface area (Å²) in [5, 5.41) is 9.22. The molecule has 5 nitrogen and oxygen atoms in total. The molecule has 1 aromatic heterocycles. The highest BCUT2D eigenvalue weighted by Gasteiger charge is 2.32. The van der Waals surface area contributed by atoms with Crippen LogP contribution in [0.15, 0.2) is 10.9 Å². The lowest BCUT2D eigenvalue weighted by Crippen LogP contribution is -2.54. The van der Waals surface area contributed by atoms with Gasteiger partial charge in [0.05, 0.1) is 6.10 Å². The number of hydrogen-bond donors (Lipinski definition) is 1. The van der Waals surface area contributed by atoms with Gasteiger partial charge in [-0.2, -0.15) is 0 Å². The molecule has 0 aromatic carbocycles. The van der Waals surface area contributed by atoms with Gasteiger partial charge in [-0.05, 0) is 32.4 Å². The number of aliphatic hydroxyl groups excluding tert-OH is 1. The monoisotopic (exact) mass is 250 g/mol. The van der Waals surface area contributed by atoms with Gasteiger partial charge in [0.2, 0.25) is 0 Å². The Balaban J connectivity index is 2.44. The Morgan fingerprint density at radius 2 is 2.06 bits per heavy atom. The number of aromatic nitrogens is 1. The van der Waals surface area contributed by atoms with Crippen molar-refractivity contribution in [3.63, 3.8) is 0 Å². The van der Waals surface area contributed by atoms with Crippen LogP contribution in [0.3, 0.4) is 0 Å². The maximum atomic E-state index is 12.3. The second kappa shape index (κ2) is 4.57. The third-order valence-electron chi connectivity index (χ3n) is 3.38. The number of likely N-dealkylation sites (tertiary alicyclic amines) is 1. The normalized spacial score (nSPS) is 15.7. The fraction of sp³-hybridized carbons (Fsp3) is 0.538.